The SMILES string of the molecule is CS(=O)(=O)N[C@H]1COc2cc(-c3nc(N4CC[C@@H]4C(F)(F)F)nc4c3CCC4(F)F)ccc21. The smallest absolute Gasteiger partial charge is 0.408 e. The van der Waals surface area contributed by atoms with Crippen LogP contribution < -0.4 is 14.4 Å². The van der Waals surface area contributed by atoms with E-state index in [9.17, 15) is 30.4 Å². The van der Waals surface area contributed by atoms with Crippen LogP contribution in [0.5, 0.6) is 5.75 Å². The molecule has 0 amide bonds. The van der Waals surface area contributed by atoms with Gasteiger partial charge in [0.15, 0.2) is 0 Å². The molecule has 1 aliphatic carbocycles. The van der Waals surface area contributed by atoms with Gasteiger partial charge in [0, 0.05) is 29.7 Å². The van der Waals surface area contributed by atoms with Crippen LogP contribution in [0.15, 0.2) is 18.2 Å². The van der Waals surface area contributed by atoms with Crippen molar-refractivity contribution >= 4 is 16.0 Å². The molecule has 0 saturated carbocycles. The Morgan fingerprint density at radius 3 is 2.64 bits per heavy atom. The number of hydrogen-bond acceptors (Lipinski definition) is 6. The summed E-state index contributed by atoms with van der Waals surface area (Å²) in [7, 11) is -3.49. The summed E-state index contributed by atoms with van der Waals surface area (Å²) in [6.45, 7) is 0.0677. The molecule has 178 valence electrons. The third-order valence-electron chi connectivity index (χ3n) is 6.11. The summed E-state index contributed by atoms with van der Waals surface area (Å²) >= 11 is 0. The minimum absolute atomic E-state index is 0.0140. The van der Waals surface area contributed by atoms with Crippen LogP contribution >= 0.6 is 0 Å². The number of rotatable bonds is 4. The van der Waals surface area contributed by atoms with Gasteiger partial charge in [-0.25, -0.2) is 23.1 Å². The molecule has 0 spiro atoms. The van der Waals surface area contributed by atoms with E-state index >= 15 is 0 Å². The summed E-state index contributed by atoms with van der Waals surface area (Å²) in [6, 6.07) is 2.30. The highest BCUT2D eigenvalue weighted by Gasteiger charge is 2.51. The van der Waals surface area contributed by atoms with Gasteiger partial charge < -0.3 is 9.64 Å². The van der Waals surface area contributed by atoms with Crippen LogP contribution in [0.1, 0.15) is 35.7 Å². The highest BCUT2D eigenvalue weighted by Crippen LogP contribution is 2.46. The van der Waals surface area contributed by atoms with Crippen molar-refractivity contribution in [3.8, 4) is 17.0 Å². The van der Waals surface area contributed by atoms with Gasteiger partial charge in [-0.3, -0.25) is 0 Å². The Bertz CT molecular complexity index is 1230. The van der Waals surface area contributed by atoms with Crippen molar-refractivity contribution in [1.82, 2.24) is 14.7 Å². The zero-order chi connectivity index (χ0) is 23.8. The number of halogens is 5. The summed E-state index contributed by atoms with van der Waals surface area (Å²) in [5, 5.41) is 0. The lowest BCUT2D eigenvalue weighted by atomic mass is 10.0. The van der Waals surface area contributed by atoms with Gasteiger partial charge in [-0.05, 0) is 18.9 Å². The number of benzene rings is 1. The first-order valence-corrected chi connectivity index (χ1v) is 12.1. The maximum atomic E-state index is 14.5. The number of nitrogens with one attached hydrogen (secondary N) is 1. The molecule has 3 heterocycles. The van der Waals surface area contributed by atoms with Crippen LogP contribution in [0.25, 0.3) is 11.3 Å². The molecule has 7 nitrogen and oxygen atoms in total. The Balaban J connectivity index is 1.57. The standard InChI is InChI=1S/C20H19F5N4O3S/c1-33(30,31)28-13-9-32-14-8-10(2-3-11(13)14)16-12-4-6-19(21,22)17(12)27-18(26-16)29-7-5-15(29)20(23,24)25/h2-3,8,13,15,28H,4-7,9H2,1H3/t13-,15+/m0/s1. The van der Waals surface area contributed by atoms with E-state index in [1.165, 1.54) is 0 Å². The molecule has 3 aliphatic rings. The van der Waals surface area contributed by atoms with Gasteiger partial charge in [0.2, 0.25) is 16.0 Å². The van der Waals surface area contributed by atoms with Crippen LogP contribution in [0.3, 0.4) is 0 Å². The van der Waals surface area contributed by atoms with E-state index in [-0.39, 0.29) is 43.2 Å². The predicted molar refractivity (Wildman–Crippen MR) is 108 cm³/mol. The first kappa shape index (κ1) is 22.3. The summed E-state index contributed by atoms with van der Waals surface area (Å²) in [5.41, 5.74) is 0.728. The van der Waals surface area contributed by atoms with Gasteiger partial charge in [-0.1, -0.05) is 12.1 Å². The molecule has 5 rings (SSSR count). The van der Waals surface area contributed by atoms with E-state index < -0.39 is 46.3 Å². The van der Waals surface area contributed by atoms with Crippen LogP contribution in [-0.4, -0.2) is 50.0 Å². The summed E-state index contributed by atoms with van der Waals surface area (Å²) in [5.74, 6) is -3.29. The Morgan fingerprint density at radius 2 is 2.00 bits per heavy atom. The molecular weight excluding hydrogens is 471 g/mol. The van der Waals surface area contributed by atoms with Gasteiger partial charge >= 0.3 is 6.18 Å². The van der Waals surface area contributed by atoms with Crippen LogP contribution in [-0.2, 0) is 22.4 Å². The Morgan fingerprint density at radius 1 is 1.24 bits per heavy atom. The molecule has 1 fully saturated rings. The number of alkyl halides is 5. The van der Waals surface area contributed by atoms with E-state index in [1.807, 2.05) is 0 Å². The molecule has 1 N–H and O–H groups in total. The molecule has 33 heavy (non-hydrogen) atoms. The number of hydrogen-bond donors (Lipinski definition) is 1. The fourth-order valence-corrected chi connectivity index (χ4v) is 5.17. The van der Waals surface area contributed by atoms with Gasteiger partial charge in [0.25, 0.3) is 5.92 Å². The Labute approximate surface area is 186 Å². The van der Waals surface area contributed by atoms with E-state index in [4.69, 9.17) is 4.74 Å². The molecule has 1 saturated heterocycles. The van der Waals surface area contributed by atoms with Crippen molar-refractivity contribution in [2.45, 2.75) is 43.4 Å². The second-order valence-corrected chi connectivity index (χ2v) is 10.2. The lowest BCUT2D eigenvalue weighted by Gasteiger charge is -2.42. The molecule has 2 aliphatic heterocycles. The maximum Gasteiger partial charge on any atom is 0.408 e. The number of nitrogens with zero attached hydrogens (tertiary/aromatic N) is 3. The van der Waals surface area contributed by atoms with Gasteiger partial charge in [0.1, 0.15) is 24.1 Å². The first-order valence-electron chi connectivity index (χ1n) is 10.2. The van der Waals surface area contributed by atoms with E-state index in [1.54, 1.807) is 18.2 Å². The second kappa shape index (κ2) is 7.23. The fourth-order valence-electron chi connectivity index (χ4n) is 4.46. The van der Waals surface area contributed by atoms with Crippen LogP contribution in [0, 0.1) is 0 Å². The number of anilines is 1. The van der Waals surface area contributed by atoms with Crippen LogP contribution in [0.4, 0.5) is 27.9 Å². The number of ether oxygens (including phenoxy) is 1. The molecule has 1 aromatic carbocycles. The Kier molecular flexibility index (Phi) is 4.88. The average molecular weight is 490 g/mol. The molecule has 1 aromatic heterocycles. The maximum absolute atomic E-state index is 14.5. The van der Waals surface area contributed by atoms with Crippen LogP contribution in [0.2, 0.25) is 0 Å². The highest BCUT2D eigenvalue weighted by atomic mass is 32.2. The van der Waals surface area contributed by atoms with E-state index in [0.29, 0.717) is 16.9 Å². The number of sulfonamides is 1. The van der Waals surface area contributed by atoms with Crippen molar-refractivity contribution in [3.63, 3.8) is 0 Å². The molecule has 0 bridgehead atoms. The largest absolute Gasteiger partial charge is 0.491 e. The summed E-state index contributed by atoms with van der Waals surface area (Å²) in [6.07, 6.45) is -4.17. The molecule has 0 unspecified atom stereocenters. The highest BCUT2D eigenvalue weighted by molar-refractivity contribution is 7.88. The van der Waals surface area contributed by atoms with E-state index in [2.05, 4.69) is 14.7 Å². The monoisotopic (exact) mass is 490 g/mol. The van der Waals surface area contributed by atoms with Crippen molar-refractivity contribution < 1.29 is 35.1 Å². The second-order valence-electron chi connectivity index (χ2n) is 8.45. The normalized spacial score (nSPS) is 23.6. The summed E-state index contributed by atoms with van der Waals surface area (Å²) in [4.78, 5) is 9.04. The molecule has 13 heteroatoms. The van der Waals surface area contributed by atoms with Crippen molar-refractivity contribution in [2.75, 3.05) is 24.3 Å². The summed E-state index contributed by atoms with van der Waals surface area (Å²) < 4.78 is 100. The number of fused-ring (bicyclic) bond motifs is 2. The van der Waals surface area contributed by atoms with Crippen molar-refractivity contribution in [3.05, 3.63) is 35.0 Å². The topological polar surface area (TPSA) is 84.4 Å². The zero-order valence-corrected chi connectivity index (χ0v) is 18.1. The predicted octanol–water partition coefficient (Wildman–Crippen LogP) is 3.31. The minimum Gasteiger partial charge on any atom is -0.491 e. The Hall–Kier alpha value is -2.54. The molecule has 0 radical (unpaired) electrons. The zero-order valence-electron chi connectivity index (χ0n) is 17.3. The average Bonchev–Trinajstić information content (AvgIpc) is 3.18. The third kappa shape index (κ3) is 3.90. The van der Waals surface area contributed by atoms with Crippen molar-refractivity contribution in [1.29, 1.82) is 0 Å². The number of aromatic nitrogens is 2. The lowest BCUT2D eigenvalue weighted by Crippen LogP contribution is -2.56. The minimum atomic E-state index is -4.52. The molecule has 2 atom stereocenters. The fraction of sp³-hybridized carbons (Fsp3) is 0.500. The quantitative estimate of drug-likeness (QED) is 0.663. The van der Waals surface area contributed by atoms with E-state index in [0.717, 1.165) is 11.2 Å². The molecular formula is C20H19F5N4O3S. The van der Waals surface area contributed by atoms with Gasteiger partial charge in [0.05, 0.1) is 18.0 Å². The van der Waals surface area contributed by atoms with Crippen molar-refractivity contribution in [2.24, 2.45) is 0 Å². The first-order chi connectivity index (χ1) is 15.3. The van der Waals surface area contributed by atoms with Gasteiger partial charge in [-0.2, -0.15) is 22.0 Å². The lowest BCUT2D eigenvalue weighted by molar-refractivity contribution is -0.160. The third-order valence-corrected chi connectivity index (χ3v) is 6.82. The van der Waals surface area contributed by atoms with Gasteiger partial charge in [-0.15, -0.1) is 0 Å². The molecule has 2 aromatic rings.